The maximum absolute atomic E-state index is 11.7. The standard InChI is InChI=1S/C11H23N3O/c1-7(2)9(4)13-11(15)14-5-10(6-14)8(3)12/h7-10H,5-6,12H2,1-4H3,(H,13,15). The summed E-state index contributed by atoms with van der Waals surface area (Å²) in [5.74, 6) is 0.949. The molecule has 0 radical (unpaired) electrons. The Balaban J connectivity index is 2.27. The molecule has 0 aliphatic carbocycles. The summed E-state index contributed by atoms with van der Waals surface area (Å²) in [5.41, 5.74) is 5.75. The van der Waals surface area contributed by atoms with Crippen LogP contribution in [-0.2, 0) is 0 Å². The third-order valence-corrected chi connectivity index (χ3v) is 3.29. The molecule has 3 N–H and O–H groups in total. The average molecular weight is 213 g/mol. The van der Waals surface area contributed by atoms with Gasteiger partial charge in [0.25, 0.3) is 0 Å². The Kier molecular flexibility index (Phi) is 3.97. The lowest BCUT2D eigenvalue weighted by molar-refractivity contribution is 0.106. The van der Waals surface area contributed by atoms with E-state index < -0.39 is 0 Å². The van der Waals surface area contributed by atoms with Gasteiger partial charge in [-0.2, -0.15) is 0 Å². The van der Waals surface area contributed by atoms with Gasteiger partial charge in [0, 0.05) is 31.1 Å². The number of amides is 2. The lowest BCUT2D eigenvalue weighted by atomic mass is 9.94. The highest BCUT2D eigenvalue weighted by molar-refractivity contribution is 5.75. The molecule has 0 bridgehead atoms. The largest absolute Gasteiger partial charge is 0.335 e. The van der Waals surface area contributed by atoms with Crippen LogP contribution in [0.1, 0.15) is 27.7 Å². The van der Waals surface area contributed by atoms with Gasteiger partial charge in [0.05, 0.1) is 0 Å². The highest BCUT2D eigenvalue weighted by Gasteiger charge is 2.33. The molecule has 0 aromatic heterocycles. The Morgan fingerprint density at radius 1 is 1.33 bits per heavy atom. The van der Waals surface area contributed by atoms with Crippen molar-refractivity contribution >= 4 is 6.03 Å². The Hall–Kier alpha value is -0.770. The number of hydrogen-bond donors (Lipinski definition) is 2. The minimum Gasteiger partial charge on any atom is -0.335 e. The van der Waals surface area contributed by atoms with Crippen molar-refractivity contribution in [3.05, 3.63) is 0 Å². The number of carbonyl (C=O) groups is 1. The van der Waals surface area contributed by atoms with E-state index >= 15 is 0 Å². The molecule has 1 saturated heterocycles. The molecular weight excluding hydrogens is 190 g/mol. The first kappa shape index (κ1) is 12.3. The van der Waals surface area contributed by atoms with Gasteiger partial charge in [0.2, 0.25) is 0 Å². The Labute approximate surface area is 92.2 Å². The molecule has 1 rings (SSSR count). The molecule has 1 aliphatic heterocycles. The maximum atomic E-state index is 11.7. The minimum atomic E-state index is 0.0492. The summed E-state index contributed by atoms with van der Waals surface area (Å²) < 4.78 is 0. The van der Waals surface area contributed by atoms with E-state index in [1.807, 2.05) is 18.7 Å². The number of nitrogens with zero attached hydrogens (tertiary/aromatic N) is 1. The molecule has 2 unspecified atom stereocenters. The molecule has 88 valence electrons. The molecular formula is C11H23N3O. The second kappa shape index (κ2) is 4.84. The van der Waals surface area contributed by atoms with E-state index in [-0.39, 0.29) is 18.1 Å². The van der Waals surface area contributed by atoms with Crippen LogP contribution < -0.4 is 11.1 Å². The first-order valence-electron chi connectivity index (χ1n) is 5.72. The number of nitrogens with two attached hydrogens (primary N) is 1. The van der Waals surface area contributed by atoms with Crippen LogP contribution >= 0.6 is 0 Å². The van der Waals surface area contributed by atoms with E-state index in [1.54, 1.807) is 0 Å². The molecule has 1 aliphatic rings. The summed E-state index contributed by atoms with van der Waals surface area (Å²) in [6.45, 7) is 9.84. The van der Waals surface area contributed by atoms with Gasteiger partial charge >= 0.3 is 6.03 Å². The first-order valence-corrected chi connectivity index (χ1v) is 5.72. The van der Waals surface area contributed by atoms with Crippen LogP contribution in [0.2, 0.25) is 0 Å². The summed E-state index contributed by atoms with van der Waals surface area (Å²) in [4.78, 5) is 13.5. The molecule has 0 spiro atoms. The first-order chi connectivity index (χ1) is 6.91. The maximum Gasteiger partial charge on any atom is 0.317 e. The van der Waals surface area contributed by atoms with Crippen LogP contribution in [0.15, 0.2) is 0 Å². The predicted octanol–water partition coefficient (Wildman–Crippen LogP) is 1.02. The molecule has 0 aromatic carbocycles. The molecule has 1 heterocycles. The zero-order valence-electron chi connectivity index (χ0n) is 10.2. The fraction of sp³-hybridized carbons (Fsp3) is 0.909. The molecule has 0 aromatic rings. The lowest BCUT2D eigenvalue weighted by Gasteiger charge is -2.41. The number of nitrogens with one attached hydrogen (secondary N) is 1. The van der Waals surface area contributed by atoms with Crippen LogP contribution in [0.3, 0.4) is 0 Å². The molecule has 0 saturated carbocycles. The van der Waals surface area contributed by atoms with Crippen molar-refractivity contribution in [1.29, 1.82) is 0 Å². The normalized spacial score (nSPS) is 21.1. The summed E-state index contributed by atoms with van der Waals surface area (Å²) in [7, 11) is 0. The van der Waals surface area contributed by atoms with E-state index in [2.05, 4.69) is 19.2 Å². The summed E-state index contributed by atoms with van der Waals surface area (Å²) in [5, 5.41) is 2.99. The van der Waals surface area contributed by atoms with Crippen LogP contribution in [0.4, 0.5) is 4.79 Å². The highest BCUT2D eigenvalue weighted by Crippen LogP contribution is 2.18. The van der Waals surface area contributed by atoms with Crippen LogP contribution in [0, 0.1) is 11.8 Å². The van der Waals surface area contributed by atoms with Gasteiger partial charge in [-0.15, -0.1) is 0 Å². The van der Waals surface area contributed by atoms with Crippen molar-refractivity contribution in [2.45, 2.75) is 39.8 Å². The third-order valence-electron chi connectivity index (χ3n) is 3.29. The van der Waals surface area contributed by atoms with Crippen molar-refractivity contribution in [2.24, 2.45) is 17.6 Å². The highest BCUT2D eigenvalue weighted by atomic mass is 16.2. The second-order valence-corrected chi connectivity index (χ2v) is 5.01. The lowest BCUT2D eigenvalue weighted by Crippen LogP contribution is -2.59. The Morgan fingerprint density at radius 3 is 2.27 bits per heavy atom. The average Bonchev–Trinajstić information content (AvgIpc) is 1.99. The van der Waals surface area contributed by atoms with Crippen molar-refractivity contribution < 1.29 is 4.79 Å². The van der Waals surface area contributed by atoms with Crippen molar-refractivity contribution in [1.82, 2.24) is 10.2 Å². The van der Waals surface area contributed by atoms with Gasteiger partial charge in [-0.05, 0) is 19.8 Å². The fourth-order valence-electron chi connectivity index (χ4n) is 1.46. The van der Waals surface area contributed by atoms with E-state index in [1.165, 1.54) is 0 Å². The summed E-state index contributed by atoms with van der Waals surface area (Å²) in [6.07, 6.45) is 0. The number of likely N-dealkylation sites (tertiary alicyclic amines) is 1. The van der Waals surface area contributed by atoms with Gasteiger partial charge in [0.1, 0.15) is 0 Å². The SMILES string of the molecule is CC(C)C(C)NC(=O)N1CC(C(C)N)C1. The molecule has 2 atom stereocenters. The Bertz CT molecular complexity index is 222. The molecule has 2 amide bonds. The van der Waals surface area contributed by atoms with Gasteiger partial charge in [-0.25, -0.2) is 4.79 Å². The number of urea groups is 1. The van der Waals surface area contributed by atoms with E-state index in [0.29, 0.717) is 11.8 Å². The Morgan fingerprint density at radius 2 is 1.87 bits per heavy atom. The zero-order valence-corrected chi connectivity index (χ0v) is 10.2. The van der Waals surface area contributed by atoms with Crippen molar-refractivity contribution in [2.75, 3.05) is 13.1 Å². The summed E-state index contributed by atoms with van der Waals surface area (Å²) >= 11 is 0. The smallest absolute Gasteiger partial charge is 0.317 e. The van der Waals surface area contributed by atoms with Gasteiger partial charge in [-0.1, -0.05) is 13.8 Å². The monoisotopic (exact) mass is 213 g/mol. The van der Waals surface area contributed by atoms with Crippen molar-refractivity contribution in [3.63, 3.8) is 0 Å². The predicted molar refractivity (Wildman–Crippen MR) is 61.5 cm³/mol. The minimum absolute atomic E-state index is 0.0492. The zero-order chi connectivity index (χ0) is 11.6. The second-order valence-electron chi connectivity index (χ2n) is 5.01. The van der Waals surface area contributed by atoms with E-state index in [9.17, 15) is 4.79 Å². The van der Waals surface area contributed by atoms with E-state index in [0.717, 1.165) is 13.1 Å². The van der Waals surface area contributed by atoms with Crippen LogP contribution in [-0.4, -0.2) is 36.1 Å². The number of carbonyl (C=O) groups excluding carboxylic acids is 1. The summed E-state index contributed by atoms with van der Waals surface area (Å²) in [6, 6.07) is 0.469. The molecule has 4 heteroatoms. The fourth-order valence-corrected chi connectivity index (χ4v) is 1.46. The quantitative estimate of drug-likeness (QED) is 0.735. The van der Waals surface area contributed by atoms with Crippen molar-refractivity contribution in [3.8, 4) is 0 Å². The van der Waals surface area contributed by atoms with Gasteiger partial charge < -0.3 is 16.0 Å². The molecule has 1 fully saturated rings. The van der Waals surface area contributed by atoms with Gasteiger partial charge in [0.15, 0.2) is 0 Å². The number of hydrogen-bond acceptors (Lipinski definition) is 2. The molecule has 4 nitrogen and oxygen atoms in total. The van der Waals surface area contributed by atoms with Crippen LogP contribution in [0.5, 0.6) is 0 Å². The van der Waals surface area contributed by atoms with E-state index in [4.69, 9.17) is 5.73 Å². The number of rotatable bonds is 3. The van der Waals surface area contributed by atoms with Crippen LogP contribution in [0.25, 0.3) is 0 Å². The third kappa shape index (κ3) is 3.09. The van der Waals surface area contributed by atoms with Gasteiger partial charge in [-0.3, -0.25) is 0 Å². The molecule has 15 heavy (non-hydrogen) atoms. The topological polar surface area (TPSA) is 58.4 Å².